The summed E-state index contributed by atoms with van der Waals surface area (Å²) < 4.78 is 11.0. The average Bonchev–Trinajstić information content (AvgIpc) is 3.41. The van der Waals surface area contributed by atoms with Crippen molar-refractivity contribution >= 4 is 18.0 Å². The third-order valence-electron chi connectivity index (χ3n) is 6.15. The molecule has 2 aromatic carbocycles. The lowest BCUT2D eigenvalue weighted by Crippen LogP contribution is -2.59. The Kier molecular flexibility index (Phi) is 6.46. The molecule has 1 aliphatic heterocycles. The average molecular weight is 450 g/mol. The van der Waals surface area contributed by atoms with Crippen molar-refractivity contribution in [2.24, 2.45) is 0 Å². The fraction of sp³-hybridized carbons (Fsp3) is 0.320. The molecule has 1 atom stereocenters. The third-order valence-corrected chi connectivity index (χ3v) is 6.15. The van der Waals surface area contributed by atoms with Crippen LogP contribution in [0.15, 0.2) is 60.2 Å². The maximum atomic E-state index is 12.8. The molecular formula is C25H26N2O6. The largest absolute Gasteiger partial charge is 0.478 e. The Morgan fingerprint density at radius 1 is 1.12 bits per heavy atom. The molecule has 1 unspecified atom stereocenters. The number of carbonyl (C=O) groups is 3. The van der Waals surface area contributed by atoms with Gasteiger partial charge in [-0.25, -0.2) is 9.59 Å². The second-order valence-corrected chi connectivity index (χ2v) is 8.24. The van der Waals surface area contributed by atoms with Gasteiger partial charge in [0.25, 0.3) is 0 Å². The highest BCUT2D eigenvalue weighted by molar-refractivity contribution is 5.91. The summed E-state index contributed by atoms with van der Waals surface area (Å²) in [5.74, 6) is -1.58. The number of hydrogen-bond acceptors (Lipinski definition) is 5. The fourth-order valence-corrected chi connectivity index (χ4v) is 4.28. The number of alkyl carbamates (subject to hydrolysis) is 1. The predicted molar refractivity (Wildman–Crippen MR) is 121 cm³/mol. The van der Waals surface area contributed by atoms with Gasteiger partial charge in [-0.15, -0.1) is 0 Å². The zero-order valence-electron chi connectivity index (χ0n) is 18.3. The standard InChI is InChI=1S/C25H26N2O6/c1-16(22(28)29)10-12-26-23(30)25(11-13-32-15-25)27-24(31)33-14-21-19-8-4-2-6-17(19)18-7-3-5-9-20(18)21/h2-10,21H,11-15H2,1H3,(H,26,30)(H,27,31)(H,28,29)/b16-10+. The minimum Gasteiger partial charge on any atom is -0.478 e. The van der Waals surface area contributed by atoms with Crippen LogP contribution in [0.4, 0.5) is 4.79 Å². The Morgan fingerprint density at radius 2 is 1.76 bits per heavy atom. The third kappa shape index (κ3) is 4.61. The van der Waals surface area contributed by atoms with Gasteiger partial charge in [-0.05, 0) is 29.2 Å². The van der Waals surface area contributed by atoms with Gasteiger partial charge in [0.1, 0.15) is 12.1 Å². The van der Waals surface area contributed by atoms with E-state index in [2.05, 4.69) is 22.8 Å². The van der Waals surface area contributed by atoms with Crippen LogP contribution in [0, 0.1) is 0 Å². The molecule has 0 aromatic heterocycles. The van der Waals surface area contributed by atoms with E-state index in [1.165, 1.54) is 13.0 Å². The van der Waals surface area contributed by atoms with Crippen LogP contribution in [0.25, 0.3) is 11.1 Å². The molecule has 2 amide bonds. The number of fused-ring (bicyclic) bond motifs is 3. The van der Waals surface area contributed by atoms with Crippen molar-refractivity contribution in [3.63, 3.8) is 0 Å². The topological polar surface area (TPSA) is 114 Å². The second kappa shape index (κ2) is 9.46. The van der Waals surface area contributed by atoms with Gasteiger partial charge in [0, 0.05) is 31.1 Å². The van der Waals surface area contributed by atoms with Crippen LogP contribution in [0.1, 0.15) is 30.4 Å². The maximum absolute atomic E-state index is 12.8. The summed E-state index contributed by atoms with van der Waals surface area (Å²) in [6.07, 6.45) is 0.997. The van der Waals surface area contributed by atoms with Crippen LogP contribution < -0.4 is 10.6 Å². The predicted octanol–water partition coefficient (Wildman–Crippen LogP) is 2.83. The number of carboxylic acid groups (broad SMARTS) is 1. The molecule has 8 heteroatoms. The Morgan fingerprint density at radius 3 is 2.33 bits per heavy atom. The first-order chi connectivity index (χ1) is 15.9. The van der Waals surface area contributed by atoms with E-state index >= 15 is 0 Å². The molecule has 172 valence electrons. The van der Waals surface area contributed by atoms with E-state index < -0.39 is 23.5 Å². The second-order valence-electron chi connectivity index (χ2n) is 8.24. The Hall–Kier alpha value is -3.65. The van der Waals surface area contributed by atoms with Gasteiger partial charge in [0.2, 0.25) is 5.91 Å². The molecule has 2 aliphatic rings. The number of ether oxygens (including phenoxy) is 2. The summed E-state index contributed by atoms with van der Waals surface area (Å²) in [4.78, 5) is 36.4. The lowest BCUT2D eigenvalue weighted by Gasteiger charge is -2.27. The van der Waals surface area contributed by atoms with Gasteiger partial charge >= 0.3 is 12.1 Å². The van der Waals surface area contributed by atoms with E-state index in [-0.39, 0.29) is 31.2 Å². The van der Waals surface area contributed by atoms with Gasteiger partial charge in [0.05, 0.1) is 6.61 Å². The summed E-state index contributed by atoms with van der Waals surface area (Å²) in [7, 11) is 0. The molecule has 1 saturated heterocycles. The van der Waals surface area contributed by atoms with Gasteiger partial charge in [-0.2, -0.15) is 0 Å². The SMILES string of the molecule is C/C(=C\CNC(=O)C1(NC(=O)OCC2c3ccccc3-c3ccccc32)CCOC1)C(=O)O. The summed E-state index contributed by atoms with van der Waals surface area (Å²) in [5, 5.41) is 14.3. The number of carboxylic acids is 1. The van der Waals surface area contributed by atoms with Crippen LogP contribution >= 0.6 is 0 Å². The molecule has 33 heavy (non-hydrogen) atoms. The molecule has 0 saturated carbocycles. The van der Waals surface area contributed by atoms with Gasteiger partial charge in [-0.3, -0.25) is 4.79 Å². The Balaban J connectivity index is 1.41. The number of benzene rings is 2. The van der Waals surface area contributed by atoms with Gasteiger partial charge < -0.3 is 25.2 Å². The normalized spacial score (nSPS) is 19.5. The molecule has 1 fully saturated rings. The van der Waals surface area contributed by atoms with Crippen molar-refractivity contribution in [3.05, 3.63) is 71.3 Å². The van der Waals surface area contributed by atoms with E-state index in [0.717, 1.165) is 22.3 Å². The molecule has 8 nitrogen and oxygen atoms in total. The first kappa shape index (κ1) is 22.5. The molecule has 0 spiro atoms. The van der Waals surface area contributed by atoms with Crippen molar-refractivity contribution in [1.29, 1.82) is 0 Å². The summed E-state index contributed by atoms with van der Waals surface area (Å²) >= 11 is 0. The molecule has 2 aromatic rings. The van der Waals surface area contributed by atoms with E-state index in [1.807, 2.05) is 36.4 Å². The van der Waals surface area contributed by atoms with E-state index in [4.69, 9.17) is 14.6 Å². The highest BCUT2D eigenvalue weighted by Crippen LogP contribution is 2.44. The van der Waals surface area contributed by atoms with Crippen LogP contribution in [-0.2, 0) is 19.1 Å². The summed E-state index contributed by atoms with van der Waals surface area (Å²) in [6, 6.07) is 16.1. The lowest BCUT2D eigenvalue weighted by molar-refractivity contribution is -0.132. The quantitative estimate of drug-likeness (QED) is 0.559. The number of carbonyl (C=O) groups excluding carboxylic acids is 2. The van der Waals surface area contributed by atoms with Crippen molar-refractivity contribution in [2.75, 3.05) is 26.4 Å². The minimum absolute atomic E-state index is 0.0185. The van der Waals surface area contributed by atoms with Crippen LogP contribution in [0.3, 0.4) is 0 Å². The zero-order chi connectivity index (χ0) is 23.4. The molecule has 1 heterocycles. The lowest BCUT2D eigenvalue weighted by atomic mass is 9.97. The van der Waals surface area contributed by atoms with Gasteiger partial charge in [0.15, 0.2) is 0 Å². The van der Waals surface area contributed by atoms with Crippen molar-refractivity contribution in [1.82, 2.24) is 10.6 Å². The Bertz CT molecular complexity index is 1060. The molecule has 4 rings (SSSR count). The molecule has 3 N–H and O–H groups in total. The zero-order valence-corrected chi connectivity index (χ0v) is 18.3. The number of rotatable bonds is 7. The van der Waals surface area contributed by atoms with E-state index in [0.29, 0.717) is 13.0 Å². The minimum atomic E-state index is -1.26. The monoisotopic (exact) mass is 450 g/mol. The highest BCUT2D eigenvalue weighted by atomic mass is 16.6. The first-order valence-electron chi connectivity index (χ1n) is 10.8. The van der Waals surface area contributed by atoms with Crippen LogP contribution in [-0.4, -0.2) is 55.0 Å². The van der Waals surface area contributed by atoms with Crippen LogP contribution in [0.5, 0.6) is 0 Å². The summed E-state index contributed by atoms with van der Waals surface area (Å²) in [5.41, 5.74) is 3.33. The molecule has 1 aliphatic carbocycles. The number of hydrogen-bond donors (Lipinski definition) is 3. The van der Waals surface area contributed by atoms with E-state index in [9.17, 15) is 14.4 Å². The van der Waals surface area contributed by atoms with Crippen molar-refractivity contribution in [2.45, 2.75) is 24.8 Å². The maximum Gasteiger partial charge on any atom is 0.408 e. The number of nitrogens with one attached hydrogen (secondary N) is 2. The highest BCUT2D eigenvalue weighted by Gasteiger charge is 2.44. The molecule has 0 bridgehead atoms. The smallest absolute Gasteiger partial charge is 0.408 e. The molecular weight excluding hydrogens is 424 g/mol. The van der Waals surface area contributed by atoms with Gasteiger partial charge in [-0.1, -0.05) is 54.6 Å². The van der Waals surface area contributed by atoms with Crippen molar-refractivity contribution < 1.29 is 29.0 Å². The Labute approximate surface area is 191 Å². The summed E-state index contributed by atoms with van der Waals surface area (Å²) in [6.45, 7) is 1.95. The first-order valence-corrected chi connectivity index (χ1v) is 10.8. The van der Waals surface area contributed by atoms with Crippen molar-refractivity contribution in [3.8, 4) is 11.1 Å². The fourth-order valence-electron chi connectivity index (χ4n) is 4.28. The molecule has 0 radical (unpaired) electrons. The number of amides is 2. The van der Waals surface area contributed by atoms with E-state index in [1.54, 1.807) is 0 Å². The number of aliphatic carboxylic acids is 1. The van der Waals surface area contributed by atoms with Crippen LogP contribution in [0.2, 0.25) is 0 Å².